The SMILES string of the molecule is O=C(NC(=S)Nc1cc(C(F)(F)F)cc(C(F)(F)F)c1)c1cccc2c(Br)cccc12. The van der Waals surface area contributed by atoms with Gasteiger partial charge in [-0.3, -0.25) is 10.1 Å². The summed E-state index contributed by atoms with van der Waals surface area (Å²) in [6.45, 7) is 0. The Balaban J connectivity index is 1.86. The van der Waals surface area contributed by atoms with Gasteiger partial charge < -0.3 is 5.32 Å². The predicted octanol–water partition coefficient (Wildman–Crippen LogP) is 6.77. The van der Waals surface area contributed by atoms with E-state index in [1.165, 1.54) is 6.07 Å². The van der Waals surface area contributed by atoms with E-state index in [-0.39, 0.29) is 11.6 Å². The molecule has 0 saturated carbocycles. The molecule has 0 radical (unpaired) electrons. The molecule has 162 valence electrons. The Kier molecular flexibility index (Phi) is 6.28. The Morgan fingerprint density at radius 2 is 1.39 bits per heavy atom. The summed E-state index contributed by atoms with van der Waals surface area (Å²) >= 11 is 8.29. The maximum absolute atomic E-state index is 13.0. The first-order chi connectivity index (χ1) is 14.4. The van der Waals surface area contributed by atoms with E-state index in [2.05, 4.69) is 26.6 Å². The molecule has 3 aromatic rings. The van der Waals surface area contributed by atoms with Crippen LogP contribution in [0.15, 0.2) is 59.1 Å². The van der Waals surface area contributed by atoms with Gasteiger partial charge in [0.05, 0.1) is 11.1 Å². The Labute approximate surface area is 185 Å². The van der Waals surface area contributed by atoms with Gasteiger partial charge in [0, 0.05) is 15.7 Å². The molecule has 2 N–H and O–H groups in total. The van der Waals surface area contributed by atoms with Crippen LogP contribution in [0.5, 0.6) is 0 Å². The van der Waals surface area contributed by atoms with Gasteiger partial charge in [0.25, 0.3) is 5.91 Å². The van der Waals surface area contributed by atoms with E-state index in [0.717, 1.165) is 9.86 Å². The van der Waals surface area contributed by atoms with Crippen molar-refractivity contribution in [1.29, 1.82) is 0 Å². The minimum Gasteiger partial charge on any atom is -0.332 e. The molecule has 0 aliphatic heterocycles. The number of thiocarbonyl (C=S) groups is 1. The predicted molar refractivity (Wildman–Crippen MR) is 112 cm³/mol. The highest BCUT2D eigenvalue weighted by molar-refractivity contribution is 9.10. The summed E-state index contributed by atoms with van der Waals surface area (Å²) in [6, 6.07) is 11.0. The Morgan fingerprint density at radius 1 is 0.839 bits per heavy atom. The van der Waals surface area contributed by atoms with Gasteiger partial charge in [-0.25, -0.2) is 0 Å². The fourth-order valence-electron chi connectivity index (χ4n) is 2.83. The van der Waals surface area contributed by atoms with Crippen molar-refractivity contribution in [2.24, 2.45) is 0 Å². The first-order valence-electron chi connectivity index (χ1n) is 8.45. The Morgan fingerprint density at radius 3 is 1.97 bits per heavy atom. The van der Waals surface area contributed by atoms with E-state index in [1.807, 2.05) is 0 Å². The van der Waals surface area contributed by atoms with Crippen molar-refractivity contribution in [1.82, 2.24) is 5.32 Å². The zero-order valence-corrected chi connectivity index (χ0v) is 17.6. The summed E-state index contributed by atoms with van der Waals surface area (Å²) < 4.78 is 78.6. The molecular formula is C20H11BrF6N2OS. The van der Waals surface area contributed by atoms with Crippen LogP contribution in [0.4, 0.5) is 32.0 Å². The third-order valence-corrected chi connectivity index (χ3v) is 5.08. The number of alkyl halides is 6. The largest absolute Gasteiger partial charge is 0.416 e. The lowest BCUT2D eigenvalue weighted by atomic mass is 10.0. The van der Waals surface area contributed by atoms with Gasteiger partial charge in [-0.2, -0.15) is 26.3 Å². The minimum absolute atomic E-state index is 0.000769. The molecule has 0 aliphatic carbocycles. The second-order valence-corrected chi connectivity index (χ2v) is 7.61. The number of hydrogen-bond acceptors (Lipinski definition) is 2. The number of fused-ring (bicyclic) bond motifs is 1. The van der Waals surface area contributed by atoms with Crippen LogP contribution >= 0.6 is 28.1 Å². The number of amides is 1. The molecule has 3 nitrogen and oxygen atoms in total. The fourth-order valence-corrected chi connectivity index (χ4v) is 3.54. The summed E-state index contributed by atoms with van der Waals surface area (Å²) in [5, 5.41) is 5.36. The van der Waals surface area contributed by atoms with E-state index in [1.54, 1.807) is 30.3 Å². The average molecular weight is 521 g/mol. The van der Waals surface area contributed by atoms with E-state index < -0.39 is 40.2 Å². The zero-order chi connectivity index (χ0) is 23.0. The van der Waals surface area contributed by atoms with Crippen LogP contribution < -0.4 is 10.6 Å². The molecule has 0 bridgehead atoms. The standard InChI is InChI=1S/C20H11BrF6N2OS/c21-16-6-2-3-13-14(16)4-1-5-15(13)17(30)29-18(31)28-12-8-10(19(22,23)24)7-11(9-12)20(25,26)27/h1-9H,(H2,28,29,30,31). The van der Waals surface area contributed by atoms with Crippen molar-refractivity contribution in [3.05, 3.63) is 75.8 Å². The number of halogens is 7. The van der Waals surface area contributed by atoms with Crippen LogP contribution in [-0.2, 0) is 12.4 Å². The van der Waals surface area contributed by atoms with Crippen LogP contribution in [0.25, 0.3) is 10.8 Å². The summed E-state index contributed by atoms with van der Waals surface area (Å²) in [5.41, 5.74) is -3.34. The van der Waals surface area contributed by atoms with Crippen LogP contribution in [0.1, 0.15) is 21.5 Å². The molecule has 0 saturated heterocycles. The number of benzene rings is 3. The first-order valence-corrected chi connectivity index (χ1v) is 9.65. The van der Waals surface area contributed by atoms with Crippen molar-refractivity contribution in [2.45, 2.75) is 12.4 Å². The average Bonchev–Trinajstić information content (AvgIpc) is 2.66. The summed E-state index contributed by atoms with van der Waals surface area (Å²) in [5.74, 6) is -0.677. The van der Waals surface area contributed by atoms with Crippen LogP contribution in [-0.4, -0.2) is 11.0 Å². The number of nitrogens with one attached hydrogen (secondary N) is 2. The minimum atomic E-state index is -5.00. The van der Waals surface area contributed by atoms with E-state index in [4.69, 9.17) is 12.2 Å². The number of anilines is 1. The second kappa shape index (κ2) is 8.46. The van der Waals surface area contributed by atoms with Crippen molar-refractivity contribution in [3.63, 3.8) is 0 Å². The highest BCUT2D eigenvalue weighted by atomic mass is 79.9. The zero-order valence-electron chi connectivity index (χ0n) is 15.2. The fraction of sp³-hybridized carbons (Fsp3) is 0.100. The lowest BCUT2D eigenvalue weighted by molar-refractivity contribution is -0.143. The van der Waals surface area contributed by atoms with Gasteiger partial charge in [-0.05, 0) is 53.3 Å². The number of carbonyl (C=O) groups excluding carboxylic acids is 1. The van der Waals surface area contributed by atoms with Gasteiger partial charge in [0.15, 0.2) is 5.11 Å². The van der Waals surface area contributed by atoms with E-state index in [0.29, 0.717) is 17.5 Å². The van der Waals surface area contributed by atoms with Crippen LogP contribution in [0.2, 0.25) is 0 Å². The quantitative estimate of drug-likeness (QED) is 0.289. The second-order valence-electron chi connectivity index (χ2n) is 6.34. The molecule has 0 heterocycles. The molecule has 0 aromatic heterocycles. The van der Waals surface area contributed by atoms with Crippen LogP contribution in [0, 0.1) is 0 Å². The Hall–Kier alpha value is -2.66. The lowest BCUT2D eigenvalue weighted by Gasteiger charge is -2.16. The first kappa shape index (κ1) is 23.0. The van der Waals surface area contributed by atoms with Crippen molar-refractivity contribution < 1.29 is 31.1 Å². The molecule has 0 spiro atoms. The third-order valence-electron chi connectivity index (χ3n) is 4.19. The molecule has 0 aliphatic rings. The highest BCUT2D eigenvalue weighted by Crippen LogP contribution is 2.37. The lowest BCUT2D eigenvalue weighted by Crippen LogP contribution is -2.34. The summed E-state index contributed by atoms with van der Waals surface area (Å²) in [6.07, 6.45) is -10.0. The monoisotopic (exact) mass is 520 g/mol. The summed E-state index contributed by atoms with van der Waals surface area (Å²) in [7, 11) is 0. The van der Waals surface area contributed by atoms with Gasteiger partial charge in [-0.15, -0.1) is 0 Å². The topological polar surface area (TPSA) is 41.1 Å². The molecular weight excluding hydrogens is 510 g/mol. The van der Waals surface area contributed by atoms with Gasteiger partial charge in [0.1, 0.15) is 0 Å². The van der Waals surface area contributed by atoms with Crippen molar-refractivity contribution in [3.8, 4) is 0 Å². The molecule has 0 atom stereocenters. The van der Waals surface area contributed by atoms with E-state index in [9.17, 15) is 31.1 Å². The number of carbonyl (C=O) groups is 1. The maximum Gasteiger partial charge on any atom is 0.416 e. The van der Waals surface area contributed by atoms with Gasteiger partial charge in [-0.1, -0.05) is 40.2 Å². The third kappa shape index (κ3) is 5.34. The molecule has 11 heteroatoms. The van der Waals surface area contributed by atoms with Gasteiger partial charge >= 0.3 is 12.4 Å². The van der Waals surface area contributed by atoms with Crippen molar-refractivity contribution >= 4 is 55.6 Å². The normalized spacial score (nSPS) is 12.0. The van der Waals surface area contributed by atoms with Gasteiger partial charge in [0.2, 0.25) is 0 Å². The van der Waals surface area contributed by atoms with Crippen LogP contribution in [0.3, 0.4) is 0 Å². The highest BCUT2D eigenvalue weighted by Gasteiger charge is 2.37. The number of hydrogen-bond donors (Lipinski definition) is 2. The maximum atomic E-state index is 13.0. The molecule has 3 rings (SSSR count). The smallest absolute Gasteiger partial charge is 0.332 e. The summed E-state index contributed by atoms with van der Waals surface area (Å²) in [4.78, 5) is 12.6. The molecule has 3 aromatic carbocycles. The molecule has 0 unspecified atom stereocenters. The van der Waals surface area contributed by atoms with E-state index >= 15 is 0 Å². The molecule has 31 heavy (non-hydrogen) atoms. The molecule has 1 amide bonds. The Bertz CT molecular complexity index is 1140. The number of rotatable bonds is 2. The molecule has 0 fully saturated rings. The van der Waals surface area contributed by atoms with Crippen molar-refractivity contribution in [2.75, 3.05) is 5.32 Å².